The van der Waals surface area contributed by atoms with Crippen LogP contribution in [-0.4, -0.2) is 35.6 Å². The van der Waals surface area contributed by atoms with Crippen molar-refractivity contribution in [2.45, 2.75) is 33.2 Å². The van der Waals surface area contributed by atoms with Crippen molar-refractivity contribution in [1.29, 1.82) is 0 Å². The van der Waals surface area contributed by atoms with E-state index in [1.807, 2.05) is 38.8 Å². The lowest BCUT2D eigenvalue weighted by Crippen LogP contribution is -2.37. The topological polar surface area (TPSA) is 40.5 Å². The Hall–Kier alpha value is -0.830. The first-order valence-corrected chi connectivity index (χ1v) is 4.55. The van der Waals surface area contributed by atoms with Crippen LogP contribution in [-0.2, 0) is 4.79 Å². The first kappa shape index (κ1) is 12.2. The summed E-state index contributed by atoms with van der Waals surface area (Å²) < 4.78 is 0. The number of carbonyl (C=O) groups is 1. The van der Waals surface area contributed by atoms with Gasteiger partial charge in [-0.2, -0.15) is 0 Å². The zero-order valence-electron chi connectivity index (χ0n) is 8.87. The number of hydrogen-bond donors (Lipinski definition) is 1. The van der Waals surface area contributed by atoms with Crippen LogP contribution in [0.4, 0.5) is 0 Å². The van der Waals surface area contributed by atoms with Gasteiger partial charge < -0.3 is 5.11 Å². The van der Waals surface area contributed by atoms with E-state index < -0.39 is 5.97 Å². The smallest absolute Gasteiger partial charge is 0.320 e. The van der Waals surface area contributed by atoms with Gasteiger partial charge in [-0.05, 0) is 27.3 Å². The number of likely N-dealkylation sites (N-methyl/N-ethyl adjacent to an activating group) is 1. The molecule has 0 aromatic heterocycles. The lowest BCUT2D eigenvalue weighted by atomic mass is 10.2. The lowest BCUT2D eigenvalue weighted by molar-refractivity contribution is -0.142. The van der Waals surface area contributed by atoms with E-state index in [0.717, 1.165) is 0 Å². The summed E-state index contributed by atoms with van der Waals surface area (Å²) in [6.07, 6.45) is 2.67. The van der Waals surface area contributed by atoms with E-state index in [1.165, 1.54) is 5.57 Å². The summed E-state index contributed by atoms with van der Waals surface area (Å²) in [6, 6.07) is -0.365. The number of allylic oxidation sites excluding steroid dienone is 1. The molecule has 13 heavy (non-hydrogen) atoms. The van der Waals surface area contributed by atoms with E-state index in [1.54, 1.807) is 0 Å². The molecule has 0 aromatic carbocycles. The molecule has 1 atom stereocenters. The Labute approximate surface area is 80.0 Å². The molecule has 0 aliphatic carbocycles. The molecule has 0 aliphatic rings. The van der Waals surface area contributed by atoms with E-state index in [-0.39, 0.29) is 6.04 Å². The maximum atomic E-state index is 10.8. The normalized spacial score (nSPS) is 12.7. The Balaban J connectivity index is 4.14. The molecule has 0 spiro atoms. The maximum Gasteiger partial charge on any atom is 0.320 e. The molecule has 0 fully saturated rings. The highest BCUT2D eigenvalue weighted by molar-refractivity contribution is 5.73. The molecule has 0 saturated heterocycles. The Bertz CT molecular complexity index is 195. The molecule has 0 heterocycles. The van der Waals surface area contributed by atoms with Crippen molar-refractivity contribution < 1.29 is 9.90 Å². The van der Waals surface area contributed by atoms with Gasteiger partial charge >= 0.3 is 5.97 Å². The third-order valence-corrected chi connectivity index (χ3v) is 1.99. The van der Waals surface area contributed by atoms with Crippen LogP contribution in [0.5, 0.6) is 0 Å². The molecule has 0 amide bonds. The van der Waals surface area contributed by atoms with Crippen LogP contribution < -0.4 is 0 Å². The van der Waals surface area contributed by atoms with Crippen molar-refractivity contribution in [3.8, 4) is 0 Å². The van der Waals surface area contributed by atoms with Gasteiger partial charge in [-0.15, -0.1) is 0 Å². The molecule has 0 rings (SSSR count). The summed E-state index contributed by atoms with van der Waals surface area (Å²) in [4.78, 5) is 12.6. The molecule has 76 valence electrons. The summed E-state index contributed by atoms with van der Waals surface area (Å²) in [5.74, 6) is -0.743. The van der Waals surface area contributed by atoms with E-state index in [4.69, 9.17) is 5.11 Å². The van der Waals surface area contributed by atoms with Crippen LogP contribution in [0.15, 0.2) is 11.6 Å². The highest BCUT2D eigenvalue weighted by Crippen LogP contribution is 2.02. The molecule has 0 aromatic rings. The van der Waals surface area contributed by atoms with Crippen LogP contribution in [0.3, 0.4) is 0 Å². The zero-order chi connectivity index (χ0) is 10.4. The Morgan fingerprint density at radius 3 is 2.38 bits per heavy atom. The van der Waals surface area contributed by atoms with Gasteiger partial charge in [-0.3, -0.25) is 9.69 Å². The van der Waals surface area contributed by atoms with Crippen molar-refractivity contribution in [3.05, 3.63) is 11.6 Å². The third kappa shape index (κ3) is 4.68. The first-order chi connectivity index (χ1) is 5.99. The van der Waals surface area contributed by atoms with Gasteiger partial charge in [0.1, 0.15) is 6.04 Å². The molecular formula is C10H19NO2. The molecule has 1 N–H and O–H groups in total. The summed E-state index contributed by atoms with van der Waals surface area (Å²) in [5.41, 5.74) is 1.21. The number of carboxylic acids is 1. The lowest BCUT2D eigenvalue weighted by Gasteiger charge is -2.21. The Morgan fingerprint density at radius 1 is 1.54 bits per heavy atom. The molecule has 0 radical (unpaired) electrons. The summed E-state index contributed by atoms with van der Waals surface area (Å²) in [5, 5.41) is 8.85. The van der Waals surface area contributed by atoms with E-state index in [0.29, 0.717) is 13.0 Å². The Kier molecular flexibility index (Phi) is 5.39. The molecule has 0 bridgehead atoms. The van der Waals surface area contributed by atoms with Gasteiger partial charge in [-0.1, -0.05) is 18.6 Å². The predicted octanol–water partition coefficient (Wildman–Crippen LogP) is 1.75. The zero-order valence-corrected chi connectivity index (χ0v) is 8.87. The largest absolute Gasteiger partial charge is 0.480 e. The second kappa shape index (κ2) is 5.75. The average molecular weight is 185 g/mol. The number of rotatable bonds is 5. The monoisotopic (exact) mass is 185 g/mol. The highest BCUT2D eigenvalue weighted by Gasteiger charge is 2.18. The van der Waals surface area contributed by atoms with Crippen molar-refractivity contribution in [1.82, 2.24) is 4.90 Å². The van der Waals surface area contributed by atoms with E-state index >= 15 is 0 Å². The minimum Gasteiger partial charge on any atom is -0.480 e. The van der Waals surface area contributed by atoms with Crippen molar-refractivity contribution in [2.24, 2.45) is 0 Å². The number of aliphatic carboxylic acids is 1. The molecule has 1 unspecified atom stereocenters. The SMILES string of the molecule is CCC(C(=O)O)N(C)CC=C(C)C. The van der Waals surface area contributed by atoms with Gasteiger partial charge in [0.15, 0.2) is 0 Å². The molecular weight excluding hydrogens is 166 g/mol. The van der Waals surface area contributed by atoms with Crippen LogP contribution in [0, 0.1) is 0 Å². The maximum absolute atomic E-state index is 10.8. The highest BCUT2D eigenvalue weighted by atomic mass is 16.4. The van der Waals surface area contributed by atoms with Crippen molar-refractivity contribution in [2.75, 3.05) is 13.6 Å². The molecule has 3 heteroatoms. The Morgan fingerprint density at radius 2 is 2.08 bits per heavy atom. The number of nitrogens with zero attached hydrogens (tertiary/aromatic N) is 1. The summed E-state index contributed by atoms with van der Waals surface area (Å²) in [6.45, 7) is 6.61. The van der Waals surface area contributed by atoms with E-state index in [9.17, 15) is 4.79 Å². The van der Waals surface area contributed by atoms with Gasteiger partial charge in [0.25, 0.3) is 0 Å². The summed E-state index contributed by atoms with van der Waals surface area (Å²) in [7, 11) is 1.84. The third-order valence-electron chi connectivity index (χ3n) is 1.99. The van der Waals surface area contributed by atoms with Crippen LogP contribution >= 0.6 is 0 Å². The number of hydrogen-bond acceptors (Lipinski definition) is 2. The minimum absolute atomic E-state index is 0.365. The molecule has 3 nitrogen and oxygen atoms in total. The van der Waals surface area contributed by atoms with Gasteiger partial charge in [0.2, 0.25) is 0 Å². The van der Waals surface area contributed by atoms with Gasteiger partial charge in [0, 0.05) is 6.54 Å². The minimum atomic E-state index is -0.743. The molecule has 0 saturated carbocycles. The fraction of sp³-hybridized carbons (Fsp3) is 0.700. The van der Waals surface area contributed by atoms with E-state index in [2.05, 4.69) is 0 Å². The van der Waals surface area contributed by atoms with Gasteiger partial charge in [0.05, 0.1) is 0 Å². The van der Waals surface area contributed by atoms with Gasteiger partial charge in [-0.25, -0.2) is 0 Å². The van der Waals surface area contributed by atoms with Crippen LogP contribution in [0.2, 0.25) is 0 Å². The fourth-order valence-corrected chi connectivity index (χ4v) is 1.13. The second-order valence-electron chi connectivity index (χ2n) is 3.48. The van der Waals surface area contributed by atoms with Crippen LogP contribution in [0.1, 0.15) is 27.2 Å². The standard InChI is InChI=1S/C10H19NO2/c1-5-9(10(12)13)11(4)7-6-8(2)3/h6,9H,5,7H2,1-4H3,(H,12,13). The predicted molar refractivity (Wildman–Crippen MR) is 53.8 cm³/mol. The molecule has 0 aliphatic heterocycles. The average Bonchev–Trinajstić information content (AvgIpc) is 2.01. The van der Waals surface area contributed by atoms with Crippen molar-refractivity contribution in [3.63, 3.8) is 0 Å². The first-order valence-electron chi connectivity index (χ1n) is 4.55. The number of carboxylic acid groups (broad SMARTS) is 1. The van der Waals surface area contributed by atoms with Crippen molar-refractivity contribution >= 4 is 5.97 Å². The van der Waals surface area contributed by atoms with Crippen LogP contribution in [0.25, 0.3) is 0 Å². The summed E-state index contributed by atoms with van der Waals surface area (Å²) >= 11 is 0. The fourth-order valence-electron chi connectivity index (χ4n) is 1.13. The second-order valence-corrected chi connectivity index (χ2v) is 3.48. The quantitative estimate of drug-likeness (QED) is 0.663.